The fourth-order valence-electron chi connectivity index (χ4n) is 1.16. The van der Waals surface area contributed by atoms with Crippen LogP contribution in [0.25, 0.3) is 0 Å². The van der Waals surface area contributed by atoms with Gasteiger partial charge in [0.15, 0.2) is 0 Å². The predicted octanol–water partition coefficient (Wildman–Crippen LogP) is 1.67. The van der Waals surface area contributed by atoms with Crippen molar-refractivity contribution < 1.29 is 0 Å². The fraction of sp³-hybridized carbons (Fsp3) is 0.545. The van der Waals surface area contributed by atoms with Crippen molar-refractivity contribution in [3.05, 3.63) is 23.5 Å². The summed E-state index contributed by atoms with van der Waals surface area (Å²) in [5.74, 6) is 0. The third kappa shape index (κ3) is 3.34. The standard InChI is InChI=1S/C11H19N3/c1-9-7-11(8-13-10(9)2)12-5-6-14(3)4/h7-8,12H,5-6H2,1-4H3. The molecule has 0 fully saturated rings. The van der Waals surface area contributed by atoms with E-state index in [1.165, 1.54) is 5.56 Å². The van der Waals surface area contributed by atoms with Crippen LogP contribution in [0.5, 0.6) is 0 Å². The van der Waals surface area contributed by atoms with Crippen LogP contribution in [-0.2, 0) is 0 Å². The van der Waals surface area contributed by atoms with Gasteiger partial charge in [0.05, 0.1) is 11.9 Å². The second-order valence-corrected chi connectivity index (χ2v) is 3.86. The van der Waals surface area contributed by atoms with Crippen molar-refractivity contribution in [3.8, 4) is 0 Å². The average molecular weight is 193 g/mol. The monoisotopic (exact) mass is 193 g/mol. The van der Waals surface area contributed by atoms with Crippen LogP contribution in [-0.4, -0.2) is 37.1 Å². The van der Waals surface area contributed by atoms with Crippen molar-refractivity contribution in [1.82, 2.24) is 9.88 Å². The highest BCUT2D eigenvalue weighted by Gasteiger charge is 1.96. The largest absolute Gasteiger partial charge is 0.383 e. The third-order valence-electron chi connectivity index (χ3n) is 2.23. The first kappa shape index (κ1) is 11.0. The Morgan fingerprint density at radius 1 is 1.36 bits per heavy atom. The summed E-state index contributed by atoms with van der Waals surface area (Å²) in [6, 6.07) is 2.14. The minimum Gasteiger partial charge on any atom is -0.383 e. The second kappa shape index (κ2) is 4.96. The lowest BCUT2D eigenvalue weighted by Gasteiger charge is -2.11. The van der Waals surface area contributed by atoms with E-state index in [9.17, 15) is 0 Å². The highest BCUT2D eigenvalue weighted by atomic mass is 15.1. The summed E-state index contributed by atoms with van der Waals surface area (Å²) in [5.41, 5.74) is 3.44. The molecular weight excluding hydrogens is 174 g/mol. The molecule has 0 saturated heterocycles. The second-order valence-electron chi connectivity index (χ2n) is 3.86. The van der Waals surface area contributed by atoms with Gasteiger partial charge in [-0.1, -0.05) is 0 Å². The third-order valence-corrected chi connectivity index (χ3v) is 2.23. The first-order valence-electron chi connectivity index (χ1n) is 4.91. The minimum absolute atomic E-state index is 0.956. The molecule has 1 aromatic rings. The molecular formula is C11H19N3. The van der Waals surface area contributed by atoms with Crippen LogP contribution >= 0.6 is 0 Å². The summed E-state index contributed by atoms with van der Waals surface area (Å²) in [6.45, 7) is 6.10. The maximum atomic E-state index is 4.30. The Hall–Kier alpha value is -1.09. The number of pyridine rings is 1. The minimum atomic E-state index is 0.956. The van der Waals surface area contributed by atoms with Gasteiger partial charge in [0.2, 0.25) is 0 Å². The Bertz CT molecular complexity index is 295. The quantitative estimate of drug-likeness (QED) is 0.788. The number of nitrogens with zero attached hydrogens (tertiary/aromatic N) is 2. The molecule has 0 aliphatic rings. The summed E-state index contributed by atoms with van der Waals surface area (Å²) < 4.78 is 0. The molecule has 0 unspecified atom stereocenters. The molecule has 78 valence electrons. The highest BCUT2D eigenvalue weighted by Crippen LogP contribution is 2.10. The van der Waals surface area contributed by atoms with Crippen molar-refractivity contribution in [2.45, 2.75) is 13.8 Å². The van der Waals surface area contributed by atoms with Crippen LogP contribution in [0.15, 0.2) is 12.3 Å². The maximum Gasteiger partial charge on any atom is 0.0530 e. The van der Waals surface area contributed by atoms with E-state index in [2.05, 4.69) is 42.3 Å². The molecule has 0 radical (unpaired) electrons. The number of anilines is 1. The predicted molar refractivity (Wildman–Crippen MR) is 60.8 cm³/mol. The molecule has 3 heteroatoms. The molecule has 1 N–H and O–H groups in total. The van der Waals surface area contributed by atoms with Crippen LogP contribution < -0.4 is 5.32 Å². The molecule has 0 aliphatic carbocycles. The smallest absolute Gasteiger partial charge is 0.0530 e. The lowest BCUT2D eigenvalue weighted by Crippen LogP contribution is -2.20. The van der Waals surface area contributed by atoms with E-state index in [1.54, 1.807) is 0 Å². The molecule has 1 rings (SSSR count). The van der Waals surface area contributed by atoms with Crippen molar-refractivity contribution in [2.75, 3.05) is 32.5 Å². The number of likely N-dealkylation sites (N-methyl/N-ethyl adjacent to an activating group) is 1. The van der Waals surface area contributed by atoms with Crippen molar-refractivity contribution in [3.63, 3.8) is 0 Å². The lowest BCUT2D eigenvalue weighted by molar-refractivity contribution is 0.425. The topological polar surface area (TPSA) is 28.2 Å². The molecule has 14 heavy (non-hydrogen) atoms. The van der Waals surface area contributed by atoms with Crippen molar-refractivity contribution >= 4 is 5.69 Å². The summed E-state index contributed by atoms with van der Waals surface area (Å²) in [5, 5.41) is 3.34. The van der Waals surface area contributed by atoms with Gasteiger partial charge >= 0.3 is 0 Å². The van der Waals surface area contributed by atoms with Gasteiger partial charge in [-0.15, -0.1) is 0 Å². The summed E-state index contributed by atoms with van der Waals surface area (Å²) >= 11 is 0. The summed E-state index contributed by atoms with van der Waals surface area (Å²) in [7, 11) is 4.14. The SMILES string of the molecule is Cc1cc(NCCN(C)C)cnc1C. The van der Waals surface area contributed by atoms with E-state index >= 15 is 0 Å². The molecule has 0 amide bonds. The van der Waals surface area contributed by atoms with E-state index in [1.807, 2.05) is 13.1 Å². The van der Waals surface area contributed by atoms with Crippen molar-refractivity contribution in [2.24, 2.45) is 0 Å². The van der Waals surface area contributed by atoms with E-state index in [0.717, 1.165) is 24.5 Å². The first-order chi connectivity index (χ1) is 6.59. The van der Waals surface area contributed by atoms with E-state index in [0.29, 0.717) is 0 Å². The van der Waals surface area contributed by atoms with Crippen molar-refractivity contribution in [1.29, 1.82) is 0 Å². The van der Waals surface area contributed by atoms with Gasteiger partial charge in [0.1, 0.15) is 0 Å². The highest BCUT2D eigenvalue weighted by molar-refractivity contribution is 5.44. The Kier molecular flexibility index (Phi) is 3.89. The number of hydrogen-bond acceptors (Lipinski definition) is 3. The Morgan fingerprint density at radius 2 is 2.07 bits per heavy atom. The molecule has 0 bridgehead atoms. The zero-order valence-electron chi connectivity index (χ0n) is 9.46. The molecule has 0 aromatic carbocycles. The van der Waals surface area contributed by atoms with Gasteiger partial charge < -0.3 is 10.2 Å². The molecule has 0 saturated carbocycles. The number of nitrogens with one attached hydrogen (secondary N) is 1. The number of aryl methyl sites for hydroxylation is 2. The Morgan fingerprint density at radius 3 is 2.64 bits per heavy atom. The van der Waals surface area contributed by atoms with E-state index < -0.39 is 0 Å². The fourth-order valence-corrected chi connectivity index (χ4v) is 1.16. The molecule has 0 aliphatic heterocycles. The van der Waals surface area contributed by atoms with Gasteiger partial charge in [-0.05, 0) is 39.6 Å². The molecule has 1 heterocycles. The van der Waals surface area contributed by atoms with Gasteiger partial charge in [0.25, 0.3) is 0 Å². The van der Waals surface area contributed by atoms with Crippen LogP contribution in [0.2, 0.25) is 0 Å². The lowest BCUT2D eigenvalue weighted by atomic mass is 10.2. The van der Waals surface area contributed by atoms with Crippen LogP contribution in [0.1, 0.15) is 11.3 Å². The Labute approximate surface area is 86.2 Å². The van der Waals surface area contributed by atoms with Gasteiger partial charge in [-0.2, -0.15) is 0 Å². The van der Waals surface area contributed by atoms with E-state index in [4.69, 9.17) is 0 Å². The first-order valence-corrected chi connectivity index (χ1v) is 4.91. The van der Waals surface area contributed by atoms with Gasteiger partial charge in [-0.3, -0.25) is 4.98 Å². The zero-order valence-corrected chi connectivity index (χ0v) is 9.46. The van der Waals surface area contributed by atoms with Crippen LogP contribution in [0, 0.1) is 13.8 Å². The summed E-state index contributed by atoms with van der Waals surface area (Å²) in [4.78, 5) is 6.45. The Balaban J connectivity index is 2.47. The van der Waals surface area contributed by atoms with Crippen LogP contribution in [0.3, 0.4) is 0 Å². The van der Waals surface area contributed by atoms with Gasteiger partial charge in [0, 0.05) is 18.8 Å². The molecule has 3 nitrogen and oxygen atoms in total. The normalized spacial score (nSPS) is 10.6. The van der Waals surface area contributed by atoms with E-state index in [-0.39, 0.29) is 0 Å². The zero-order chi connectivity index (χ0) is 10.6. The van der Waals surface area contributed by atoms with Gasteiger partial charge in [-0.25, -0.2) is 0 Å². The summed E-state index contributed by atoms with van der Waals surface area (Å²) in [6.07, 6.45) is 1.89. The number of aromatic nitrogens is 1. The molecule has 0 atom stereocenters. The molecule has 1 aromatic heterocycles. The maximum absolute atomic E-state index is 4.30. The van der Waals surface area contributed by atoms with Crippen LogP contribution in [0.4, 0.5) is 5.69 Å². The number of hydrogen-bond donors (Lipinski definition) is 1. The number of rotatable bonds is 4. The average Bonchev–Trinajstić information content (AvgIpc) is 2.10. The molecule has 0 spiro atoms.